The summed E-state index contributed by atoms with van der Waals surface area (Å²) in [6, 6.07) is 9.07. The molecule has 0 saturated heterocycles. The Morgan fingerprint density at radius 3 is 2.71 bits per heavy atom. The molecule has 0 bridgehead atoms. The topological polar surface area (TPSA) is 55.6 Å². The lowest BCUT2D eigenvalue weighted by molar-refractivity contribution is 0.756. The normalized spacial score (nSPS) is 14.5. The van der Waals surface area contributed by atoms with Crippen molar-refractivity contribution in [1.29, 1.82) is 0 Å². The molecule has 106 valence electrons. The number of imidazole rings is 1. The Morgan fingerprint density at radius 2 is 1.95 bits per heavy atom. The first-order valence-electron chi connectivity index (χ1n) is 7.28. The number of hydrogen-bond acceptors (Lipinski definition) is 4. The summed E-state index contributed by atoms with van der Waals surface area (Å²) in [5.41, 5.74) is 4.29. The second-order valence-corrected chi connectivity index (χ2v) is 5.62. The van der Waals surface area contributed by atoms with Crippen molar-refractivity contribution in [3.8, 4) is 0 Å². The lowest BCUT2D eigenvalue weighted by atomic mass is 10.1. The van der Waals surface area contributed by atoms with Crippen LogP contribution in [-0.4, -0.2) is 19.5 Å². The summed E-state index contributed by atoms with van der Waals surface area (Å²) < 4.78 is 2.16. The molecule has 0 spiro atoms. The van der Waals surface area contributed by atoms with E-state index in [1.54, 1.807) is 6.33 Å². The summed E-state index contributed by atoms with van der Waals surface area (Å²) >= 11 is 0. The number of nitrogens with zero attached hydrogens (tertiary/aromatic N) is 4. The number of aryl methyl sites for hydroxylation is 1. The van der Waals surface area contributed by atoms with Crippen LogP contribution in [-0.2, 0) is 6.54 Å². The molecule has 5 heteroatoms. The van der Waals surface area contributed by atoms with Gasteiger partial charge in [-0.1, -0.05) is 29.8 Å². The van der Waals surface area contributed by atoms with E-state index in [9.17, 15) is 0 Å². The zero-order valence-electron chi connectivity index (χ0n) is 12.0. The standard InChI is InChI=1S/C16H17N5/c1-11-2-4-12(5-3-11)8-17-15-14-16(19-9-18-15)21(10-20-14)13-6-7-13/h2-5,9-10,13H,6-8H2,1H3,(H,17,18,19). The van der Waals surface area contributed by atoms with Gasteiger partial charge in [0.2, 0.25) is 0 Å². The summed E-state index contributed by atoms with van der Waals surface area (Å²) in [6.45, 7) is 2.83. The number of anilines is 1. The Morgan fingerprint density at radius 1 is 1.14 bits per heavy atom. The van der Waals surface area contributed by atoms with Crippen LogP contribution in [0.25, 0.3) is 11.2 Å². The largest absolute Gasteiger partial charge is 0.364 e. The molecular formula is C16H17N5. The van der Waals surface area contributed by atoms with Crippen molar-refractivity contribution in [2.24, 2.45) is 0 Å². The van der Waals surface area contributed by atoms with Gasteiger partial charge in [-0.25, -0.2) is 15.0 Å². The van der Waals surface area contributed by atoms with Crippen LogP contribution in [0.5, 0.6) is 0 Å². The Labute approximate surface area is 123 Å². The Balaban J connectivity index is 1.60. The lowest BCUT2D eigenvalue weighted by Gasteiger charge is -2.07. The van der Waals surface area contributed by atoms with E-state index >= 15 is 0 Å². The van der Waals surface area contributed by atoms with Gasteiger partial charge in [0.25, 0.3) is 0 Å². The van der Waals surface area contributed by atoms with Crippen LogP contribution in [0.2, 0.25) is 0 Å². The van der Waals surface area contributed by atoms with Gasteiger partial charge in [-0.15, -0.1) is 0 Å². The highest BCUT2D eigenvalue weighted by molar-refractivity contribution is 5.82. The van der Waals surface area contributed by atoms with E-state index in [1.165, 1.54) is 24.0 Å². The third-order valence-corrected chi connectivity index (χ3v) is 3.88. The molecule has 0 radical (unpaired) electrons. The van der Waals surface area contributed by atoms with E-state index in [-0.39, 0.29) is 0 Å². The molecule has 0 unspecified atom stereocenters. The van der Waals surface area contributed by atoms with Crippen LogP contribution in [0.3, 0.4) is 0 Å². The quantitative estimate of drug-likeness (QED) is 0.797. The molecule has 3 aromatic rings. The zero-order valence-corrected chi connectivity index (χ0v) is 12.0. The van der Waals surface area contributed by atoms with Crippen molar-refractivity contribution >= 4 is 17.0 Å². The molecule has 0 aliphatic heterocycles. The predicted molar refractivity (Wildman–Crippen MR) is 82.1 cm³/mol. The Kier molecular flexibility index (Phi) is 2.84. The SMILES string of the molecule is Cc1ccc(CNc2ncnc3c2ncn3C2CC2)cc1. The maximum absolute atomic E-state index is 4.48. The van der Waals surface area contributed by atoms with Crippen LogP contribution < -0.4 is 5.32 Å². The van der Waals surface area contributed by atoms with E-state index in [0.717, 1.165) is 23.5 Å². The molecule has 0 amide bonds. The highest BCUT2D eigenvalue weighted by Gasteiger charge is 2.26. The molecule has 4 rings (SSSR count). The summed E-state index contributed by atoms with van der Waals surface area (Å²) in [5.74, 6) is 0.806. The molecule has 5 nitrogen and oxygen atoms in total. The van der Waals surface area contributed by atoms with Crippen LogP contribution in [0, 0.1) is 6.92 Å². The number of hydrogen-bond donors (Lipinski definition) is 1. The fourth-order valence-electron chi connectivity index (χ4n) is 2.49. The molecule has 1 aliphatic rings. The molecule has 1 aliphatic carbocycles. The van der Waals surface area contributed by atoms with Crippen molar-refractivity contribution in [2.75, 3.05) is 5.32 Å². The summed E-state index contributed by atoms with van der Waals surface area (Å²) in [6.07, 6.45) is 5.94. The van der Waals surface area contributed by atoms with Crippen molar-refractivity contribution in [1.82, 2.24) is 19.5 Å². The maximum Gasteiger partial charge on any atom is 0.165 e. The van der Waals surface area contributed by atoms with Crippen LogP contribution in [0.15, 0.2) is 36.9 Å². The molecule has 1 saturated carbocycles. The maximum atomic E-state index is 4.48. The van der Waals surface area contributed by atoms with Crippen LogP contribution >= 0.6 is 0 Å². The van der Waals surface area contributed by atoms with E-state index in [0.29, 0.717) is 6.04 Å². The van der Waals surface area contributed by atoms with Crippen molar-refractivity contribution in [3.05, 3.63) is 48.0 Å². The third-order valence-electron chi connectivity index (χ3n) is 3.88. The van der Waals surface area contributed by atoms with Crippen molar-refractivity contribution < 1.29 is 0 Å². The first-order valence-corrected chi connectivity index (χ1v) is 7.28. The fraction of sp³-hybridized carbons (Fsp3) is 0.312. The molecular weight excluding hydrogens is 262 g/mol. The first-order chi connectivity index (χ1) is 10.3. The summed E-state index contributed by atoms with van der Waals surface area (Å²) in [4.78, 5) is 13.2. The number of nitrogens with one attached hydrogen (secondary N) is 1. The molecule has 0 atom stereocenters. The van der Waals surface area contributed by atoms with Crippen LogP contribution in [0.4, 0.5) is 5.82 Å². The monoisotopic (exact) mass is 279 g/mol. The smallest absolute Gasteiger partial charge is 0.165 e. The molecule has 1 aromatic carbocycles. The van der Waals surface area contributed by atoms with Crippen molar-refractivity contribution in [3.63, 3.8) is 0 Å². The number of benzene rings is 1. The zero-order chi connectivity index (χ0) is 14.2. The van der Waals surface area contributed by atoms with Gasteiger partial charge in [0.05, 0.1) is 6.33 Å². The van der Waals surface area contributed by atoms with Gasteiger partial charge in [-0.3, -0.25) is 0 Å². The molecule has 1 N–H and O–H groups in total. The minimum atomic E-state index is 0.579. The van der Waals surface area contributed by atoms with E-state index < -0.39 is 0 Å². The third kappa shape index (κ3) is 2.35. The van der Waals surface area contributed by atoms with Gasteiger partial charge >= 0.3 is 0 Å². The Hall–Kier alpha value is -2.43. The van der Waals surface area contributed by atoms with Gasteiger partial charge in [-0.2, -0.15) is 0 Å². The van der Waals surface area contributed by atoms with Gasteiger partial charge < -0.3 is 9.88 Å². The second-order valence-electron chi connectivity index (χ2n) is 5.62. The number of fused-ring (bicyclic) bond motifs is 1. The average Bonchev–Trinajstić information content (AvgIpc) is 3.26. The molecule has 2 aromatic heterocycles. The number of rotatable bonds is 4. The predicted octanol–water partition coefficient (Wildman–Crippen LogP) is 3.08. The van der Waals surface area contributed by atoms with E-state index in [2.05, 4.69) is 56.0 Å². The van der Waals surface area contributed by atoms with Gasteiger partial charge in [-0.05, 0) is 25.3 Å². The van der Waals surface area contributed by atoms with E-state index in [1.807, 2.05) is 6.33 Å². The molecule has 1 fully saturated rings. The van der Waals surface area contributed by atoms with Crippen molar-refractivity contribution in [2.45, 2.75) is 32.4 Å². The number of aromatic nitrogens is 4. The highest BCUT2D eigenvalue weighted by atomic mass is 15.2. The minimum absolute atomic E-state index is 0.579. The van der Waals surface area contributed by atoms with Crippen LogP contribution in [0.1, 0.15) is 30.0 Å². The minimum Gasteiger partial charge on any atom is -0.364 e. The summed E-state index contributed by atoms with van der Waals surface area (Å²) in [5, 5.41) is 3.37. The highest BCUT2D eigenvalue weighted by Crippen LogP contribution is 2.37. The lowest BCUT2D eigenvalue weighted by Crippen LogP contribution is -2.03. The second kappa shape index (κ2) is 4.84. The van der Waals surface area contributed by atoms with Gasteiger partial charge in [0, 0.05) is 12.6 Å². The molecule has 21 heavy (non-hydrogen) atoms. The molecule has 2 heterocycles. The Bertz CT molecular complexity index is 771. The summed E-state index contributed by atoms with van der Waals surface area (Å²) in [7, 11) is 0. The fourth-order valence-corrected chi connectivity index (χ4v) is 2.49. The first kappa shape index (κ1) is 12.3. The van der Waals surface area contributed by atoms with Gasteiger partial charge in [0.1, 0.15) is 11.8 Å². The average molecular weight is 279 g/mol. The van der Waals surface area contributed by atoms with Gasteiger partial charge in [0.15, 0.2) is 11.5 Å². The van der Waals surface area contributed by atoms with E-state index in [4.69, 9.17) is 0 Å².